The van der Waals surface area contributed by atoms with E-state index in [0.717, 1.165) is 11.1 Å². The fraction of sp³-hybridized carbons (Fsp3) is 0.462. The Balaban J connectivity index is 2.71. The van der Waals surface area contributed by atoms with Crippen LogP contribution in [0.25, 0.3) is 0 Å². The van der Waals surface area contributed by atoms with Crippen LogP contribution in [0.3, 0.4) is 0 Å². The van der Waals surface area contributed by atoms with Crippen molar-refractivity contribution in [2.75, 3.05) is 7.11 Å². The van der Waals surface area contributed by atoms with Crippen molar-refractivity contribution in [3.63, 3.8) is 0 Å². The smallest absolute Gasteiger partial charge is 0.309 e. The molecule has 3 nitrogen and oxygen atoms in total. The van der Waals surface area contributed by atoms with E-state index in [-0.39, 0.29) is 12.1 Å². The minimum Gasteiger partial charge on any atom is -0.469 e. The van der Waals surface area contributed by atoms with Crippen LogP contribution in [-0.4, -0.2) is 19.2 Å². The van der Waals surface area contributed by atoms with Gasteiger partial charge in [-0.1, -0.05) is 24.3 Å². The Morgan fingerprint density at radius 2 is 1.88 bits per heavy atom. The highest BCUT2D eigenvalue weighted by Crippen LogP contribution is 2.12. The zero-order valence-electron chi connectivity index (χ0n) is 10.0. The Morgan fingerprint density at radius 3 is 2.44 bits per heavy atom. The molecule has 0 atom stereocenters. The van der Waals surface area contributed by atoms with Gasteiger partial charge in [0.15, 0.2) is 0 Å². The van der Waals surface area contributed by atoms with Crippen molar-refractivity contribution in [2.24, 2.45) is 0 Å². The second-order valence-electron chi connectivity index (χ2n) is 3.88. The quantitative estimate of drug-likeness (QED) is 0.717. The van der Waals surface area contributed by atoms with E-state index in [9.17, 15) is 4.79 Å². The van der Waals surface area contributed by atoms with Crippen LogP contribution in [0.5, 0.6) is 0 Å². The molecule has 16 heavy (non-hydrogen) atoms. The maximum atomic E-state index is 11.2. The molecule has 0 heterocycles. The Bertz CT molecular complexity index is 345. The van der Waals surface area contributed by atoms with Gasteiger partial charge in [0.2, 0.25) is 0 Å². The molecular weight excluding hydrogens is 204 g/mol. The summed E-state index contributed by atoms with van der Waals surface area (Å²) in [5, 5.41) is 0. The average molecular weight is 222 g/mol. The Kier molecular flexibility index (Phi) is 4.99. The zero-order valence-corrected chi connectivity index (χ0v) is 10.0. The van der Waals surface area contributed by atoms with E-state index in [0.29, 0.717) is 13.0 Å². The molecule has 1 aromatic carbocycles. The molecule has 0 aromatic heterocycles. The summed E-state index contributed by atoms with van der Waals surface area (Å²) in [6.45, 7) is 4.51. The Hall–Kier alpha value is -1.35. The van der Waals surface area contributed by atoms with Crippen molar-refractivity contribution in [1.82, 2.24) is 0 Å². The first-order valence-electron chi connectivity index (χ1n) is 5.38. The molecule has 88 valence electrons. The summed E-state index contributed by atoms with van der Waals surface area (Å²) < 4.78 is 10.2. The molecule has 0 aliphatic rings. The third-order valence-corrected chi connectivity index (χ3v) is 2.25. The third-order valence-electron chi connectivity index (χ3n) is 2.25. The Morgan fingerprint density at radius 1 is 1.25 bits per heavy atom. The van der Waals surface area contributed by atoms with E-state index >= 15 is 0 Å². The van der Waals surface area contributed by atoms with Crippen molar-refractivity contribution in [1.29, 1.82) is 0 Å². The standard InChI is InChI=1S/C13H18O3/c1-10(2)16-9-12-7-5-4-6-11(12)8-13(14)15-3/h4-7,10H,8-9H2,1-3H3. The van der Waals surface area contributed by atoms with Crippen LogP contribution in [0.2, 0.25) is 0 Å². The number of benzene rings is 1. The lowest BCUT2D eigenvalue weighted by atomic mass is 10.1. The van der Waals surface area contributed by atoms with Crippen molar-refractivity contribution < 1.29 is 14.3 Å². The van der Waals surface area contributed by atoms with E-state index in [1.807, 2.05) is 38.1 Å². The highest BCUT2D eigenvalue weighted by molar-refractivity contribution is 5.72. The molecule has 0 unspecified atom stereocenters. The van der Waals surface area contributed by atoms with Gasteiger partial charge in [-0.25, -0.2) is 0 Å². The monoisotopic (exact) mass is 222 g/mol. The predicted octanol–water partition coefficient (Wildman–Crippen LogP) is 2.33. The van der Waals surface area contributed by atoms with Crippen LogP contribution in [-0.2, 0) is 27.3 Å². The van der Waals surface area contributed by atoms with Crippen LogP contribution in [0.4, 0.5) is 0 Å². The predicted molar refractivity (Wildman–Crippen MR) is 62.1 cm³/mol. The van der Waals surface area contributed by atoms with Gasteiger partial charge in [0.05, 0.1) is 26.2 Å². The minimum atomic E-state index is -0.225. The number of methoxy groups -OCH3 is 1. The summed E-state index contributed by atoms with van der Waals surface area (Å²) in [5.74, 6) is -0.225. The number of rotatable bonds is 5. The molecule has 3 heteroatoms. The molecule has 0 saturated carbocycles. The van der Waals surface area contributed by atoms with Gasteiger partial charge in [-0.2, -0.15) is 0 Å². The van der Waals surface area contributed by atoms with E-state index in [4.69, 9.17) is 4.74 Å². The van der Waals surface area contributed by atoms with Crippen LogP contribution in [0, 0.1) is 0 Å². The molecule has 0 fully saturated rings. The minimum absolute atomic E-state index is 0.186. The van der Waals surface area contributed by atoms with Gasteiger partial charge in [-0.05, 0) is 25.0 Å². The average Bonchev–Trinajstić information content (AvgIpc) is 2.27. The van der Waals surface area contributed by atoms with Gasteiger partial charge in [-0.3, -0.25) is 4.79 Å². The molecule has 0 amide bonds. The molecule has 0 radical (unpaired) electrons. The molecule has 0 bridgehead atoms. The van der Waals surface area contributed by atoms with Gasteiger partial charge in [0.1, 0.15) is 0 Å². The first kappa shape index (κ1) is 12.7. The molecule has 0 spiro atoms. The van der Waals surface area contributed by atoms with E-state index < -0.39 is 0 Å². The number of carbonyl (C=O) groups excluding carboxylic acids is 1. The van der Waals surface area contributed by atoms with E-state index in [1.165, 1.54) is 7.11 Å². The van der Waals surface area contributed by atoms with E-state index in [1.54, 1.807) is 0 Å². The lowest BCUT2D eigenvalue weighted by Crippen LogP contribution is -2.09. The van der Waals surface area contributed by atoms with Gasteiger partial charge in [0, 0.05) is 0 Å². The third kappa shape index (κ3) is 4.03. The number of ether oxygens (including phenoxy) is 2. The molecule has 0 N–H and O–H groups in total. The second-order valence-corrected chi connectivity index (χ2v) is 3.88. The highest BCUT2D eigenvalue weighted by Gasteiger charge is 2.08. The van der Waals surface area contributed by atoms with Gasteiger partial charge < -0.3 is 9.47 Å². The fourth-order valence-electron chi connectivity index (χ4n) is 1.35. The van der Waals surface area contributed by atoms with Crippen LogP contribution < -0.4 is 0 Å². The SMILES string of the molecule is COC(=O)Cc1ccccc1COC(C)C. The largest absolute Gasteiger partial charge is 0.469 e. The molecule has 1 aromatic rings. The van der Waals surface area contributed by atoms with Crippen LogP contribution >= 0.6 is 0 Å². The lowest BCUT2D eigenvalue weighted by Gasteiger charge is -2.11. The second kappa shape index (κ2) is 6.28. The summed E-state index contributed by atoms with van der Waals surface area (Å²) in [4.78, 5) is 11.2. The van der Waals surface area contributed by atoms with Crippen molar-refractivity contribution >= 4 is 5.97 Å². The number of carbonyl (C=O) groups is 1. The normalized spacial score (nSPS) is 10.5. The Labute approximate surface area is 96.4 Å². The number of hydrogen-bond donors (Lipinski definition) is 0. The first-order valence-corrected chi connectivity index (χ1v) is 5.38. The van der Waals surface area contributed by atoms with Gasteiger partial charge in [-0.15, -0.1) is 0 Å². The fourth-order valence-corrected chi connectivity index (χ4v) is 1.35. The summed E-state index contributed by atoms with van der Waals surface area (Å²) in [5.41, 5.74) is 2.01. The topological polar surface area (TPSA) is 35.5 Å². The molecule has 0 aliphatic heterocycles. The zero-order chi connectivity index (χ0) is 12.0. The van der Waals surface area contributed by atoms with Gasteiger partial charge in [0.25, 0.3) is 0 Å². The van der Waals surface area contributed by atoms with Gasteiger partial charge >= 0.3 is 5.97 Å². The van der Waals surface area contributed by atoms with Crippen LogP contribution in [0.15, 0.2) is 24.3 Å². The highest BCUT2D eigenvalue weighted by atomic mass is 16.5. The molecular formula is C13H18O3. The summed E-state index contributed by atoms with van der Waals surface area (Å²) >= 11 is 0. The molecule has 0 aliphatic carbocycles. The van der Waals surface area contributed by atoms with E-state index in [2.05, 4.69) is 4.74 Å². The van der Waals surface area contributed by atoms with Crippen molar-refractivity contribution in [2.45, 2.75) is 33.0 Å². The summed E-state index contributed by atoms with van der Waals surface area (Å²) in [6, 6.07) is 7.76. The van der Waals surface area contributed by atoms with Crippen molar-refractivity contribution in [3.8, 4) is 0 Å². The summed E-state index contributed by atoms with van der Waals surface area (Å²) in [7, 11) is 1.40. The van der Waals surface area contributed by atoms with Crippen molar-refractivity contribution in [3.05, 3.63) is 35.4 Å². The number of esters is 1. The maximum Gasteiger partial charge on any atom is 0.309 e. The molecule has 1 rings (SSSR count). The number of hydrogen-bond acceptors (Lipinski definition) is 3. The first-order chi connectivity index (χ1) is 7.63. The molecule has 0 saturated heterocycles. The lowest BCUT2D eigenvalue weighted by molar-refractivity contribution is -0.139. The van der Waals surface area contributed by atoms with Crippen LogP contribution in [0.1, 0.15) is 25.0 Å². The summed E-state index contributed by atoms with van der Waals surface area (Å²) in [6.07, 6.45) is 0.486. The maximum absolute atomic E-state index is 11.2.